The Hall–Kier alpha value is 0.160. The summed E-state index contributed by atoms with van der Waals surface area (Å²) in [5.41, 5.74) is 0. The first-order valence-corrected chi connectivity index (χ1v) is 4.71. The zero-order chi connectivity index (χ0) is 8.43. The van der Waals surface area contributed by atoms with Crippen LogP contribution in [0.2, 0.25) is 0 Å². The van der Waals surface area contributed by atoms with Crippen LogP contribution >= 0.6 is 38.5 Å². The molecule has 0 aliphatic rings. The minimum Gasteiger partial charge on any atom is -0.494 e. The van der Waals surface area contributed by atoms with Crippen LogP contribution in [-0.4, -0.2) is 7.11 Å². The van der Waals surface area contributed by atoms with E-state index in [0.717, 1.165) is 4.47 Å². The summed E-state index contributed by atoms with van der Waals surface area (Å²) in [5, 5.41) is 0. The molecule has 0 fully saturated rings. The fourth-order valence-corrected chi connectivity index (χ4v) is 2.15. The van der Waals surface area contributed by atoms with Crippen LogP contribution in [0.5, 0.6) is 5.75 Å². The lowest BCUT2D eigenvalue weighted by Gasteiger charge is -2.03. The lowest BCUT2D eigenvalue weighted by Crippen LogP contribution is -1.90. The molecular formula is C7H5BrFIO. The van der Waals surface area contributed by atoms with Gasteiger partial charge in [0.1, 0.15) is 0 Å². The third kappa shape index (κ3) is 2.05. The van der Waals surface area contributed by atoms with Gasteiger partial charge in [0.2, 0.25) is 0 Å². The van der Waals surface area contributed by atoms with Crippen molar-refractivity contribution in [1.82, 2.24) is 0 Å². The molecule has 0 radical (unpaired) electrons. The molecule has 0 saturated heterocycles. The molecule has 1 aromatic carbocycles. The van der Waals surface area contributed by atoms with Crippen molar-refractivity contribution >= 4 is 38.5 Å². The van der Waals surface area contributed by atoms with Crippen molar-refractivity contribution in [3.05, 3.63) is 26.0 Å². The maximum atomic E-state index is 13.0. The third-order valence-corrected chi connectivity index (χ3v) is 2.42. The molecule has 1 nitrogen and oxygen atoms in total. The van der Waals surface area contributed by atoms with Crippen LogP contribution < -0.4 is 4.74 Å². The maximum Gasteiger partial charge on any atom is 0.178 e. The minimum atomic E-state index is -0.309. The van der Waals surface area contributed by atoms with Crippen LogP contribution in [0, 0.1) is 9.39 Å². The quantitative estimate of drug-likeness (QED) is 0.567. The molecule has 0 heterocycles. The summed E-state index contributed by atoms with van der Waals surface area (Å²) in [6.45, 7) is 0. The van der Waals surface area contributed by atoms with Gasteiger partial charge in [0.05, 0.1) is 10.7 Å². The van der Waals surface area contributed by atoms with Crippen LogP contribution in [0.3, 0.4) is 0 Å². The van der Waals surface area contributed by atoms with E-state index >= 15 is 0 Å². The van der Waals surface area contributed by atoms with E-state index in [9.17, 15) is 4.39 Å². The smallest absolute Gasteiger partial charge is 0.178 e. The Morgan fingerprint density at radius 1 is 1.55 bits per heavy atom. The normalized spacial score (nSPS) is 9.82. The fraction of sp³-hybridized carbons (Fsp3) is 0.143. The van der Waals surface area contributed by atoms with Crippen LogP contribution in [0.4, 0.5) is 4.39 Å². The van der Waals surface area contributed by atoms with Crippen LogP contribution in [0.25, 0.3) is 0 Å². The van der Waals surface area contributed by atoms with Crippen LogP contribution in [0.1, 0.15) is 0 Å². The standard InChI is InChI=1S/C7H5BrFIO/c1-11-6-3-4(8)2-5(10)7(6)9/h2-3H,1H3. The summed E-state index contributed by atoms with van der Waals surface area (Å²) >= 11 is 5.15. The SMILES string of the molecule is COc1cc(Br)cc(I)c1F. The second kappa shape index (κ2) is 3.71. The van der Waals surface area contributed by atoms with E-state index in [0.29, 0.717) is 3.57 Å². The molecule has 0 aromatic heterocycles. The topological polar surface area (TPSA) is 9.23 Å². The first kappa shape index (κ1) is 9.25. The predicted molar refractivity (Wildman–Crippen MR) is 53.4 cm³/mol. The van der Waals surface area contributed by atoms with Gasteiger partial charge < -0.3 is 4.74 Å². The van der Waals surface area contributed by atoms with Crippen molar-refractivity contribution in [2.75, 3.05) is 7.11 Å². The molecule has 0 aliphatic carbocycles. The van der Waals surface area contributed by atoms with Gasteiger partial charge in [-0.25, -0.2) is 4.39 Å². The number of rotatable bonds is 1. The summed E-state index contributed by atoms with van der Waals surface area (Å²) in [4.78, 5) is 0. The van der Waals surface area contributed by atoms with Gasteiger partial charge in [-0.1, -0.05) is 15.9 Å². The van der Waals surface area contributed by atoms with Crippen LogP contribution in [0.15, 0.2) is 16.6 Å². The Labute approximate surface area is 86.2 Å². The molecule has 1 rings (SSSR count). The summed E-state index contributed by atoms with van der Waals surface area (Å²) in [6.07, 6.45) is 0. The van der Waals surface area contributed by atoms with E-state index in [4.69, 9.17) is 4.74 Å². The van der Waals surface area contributed by atoms with Crippen LogP contribution in [-0.2, 0) is 0 Å². The van der Waals surface area contributed by atoms with Crippen molar-refractivity contribution in [2.45, 2.75) is 0 Å². The molecule has 0 aliphatic heterocycles. The molecule has 60 valence electrons. The molecule has 4 heteroatoms. The second-order valence-electron chi connectivity index (χ2n) is 1.90. The Balaban J connectivity index is 3.24. The number of methoxy groups -OCH3 is 1. The lowest BCUT2D eigenvalue weighted by atomic mass is 10.3. The lowest BCUT2D eigenvalue weighted by molar-refractivity contribution is 0.385. The average molecular weight is 331 g/mol. The van der Waals surface area contributed by atoms with Crippen molar-refractivity contribution in [3.8, 4) is 5.75 Å². The zero-order valence-corrected chi connectivity index (χ0v) is 9.44. The van der Waals surface area contributed by atoms with Crippen molar-refractivity contribution < 1.29 is 9.13 Å². The highest BCUT2D eigenvalue weighted by Crippen LogP contribution is 2.26. The molecule has 0 atom stereocenters. The fourth-order valence-electron chi connectivity index (χ4n) is 0.681. The molecule has 0 unspecified atom stereocenters. The molecule has 0 N–H and O–H groups in total. The van der Waals surface area contributed by atoms with E-state index in [1.165, 1.54) is 7.11 Å². The van der Waals surface area contributed by atoms with E-state index < -0.39 is 0 Å². The number of hydrogen-bond donors (Lipinski definition) is 0. The molecule has 0 amide bonds. The molecule has 11 heavy (non-hydrogen) atoms. The van der Waals surface area contributed by atoms with Gasteiger partial charge in [0.15, 0.2) is 11.6 Å². The first-order valence-electron chi connectivity index (χ1n) is 2.83. The van der Waals surface area contributed by atoms with Gasteiger partial charge in [-0.15, -0.1) is 0 Å². The Bertz CT molecular complexity index is 277. The number of ether oxygens (including phenoxy) is 1. The predicted octanol–water partition coefficient (Wildman–Crippen LogP) is 3.20. The highest BCUT2D eigenvalue weighted by Gasteiger charge is 2.07. The third-order valence-electron chi connectivity index (χ3n) is 1.18. The van der Waals surface area contributed by atoms with Gasteiger partial charge in [-0.05, 0) is 34.7 Å². The molecule has 0 bridgehead atoms. The zero-order valence-electron chi connectivity index (χ0n) is 5.70. The van der Waals surface area contributed by atoms with Gasteiger partial charge in [-0.3, -0.25) is 0 Å². The van der Waals surface area contributed by atoms with E-state index in [2.05, 4.69) is 15.9 Å². The first-order chi connectivity index (χ1) is 5.15. The highest BCUT2D eigenvalue weighted by molar-refractivity contribution is 14.1. The average Bonchev–Trinajstić information content (AvgIpc) is 1.96. The molecule has 0 saturated carbocycles. The Kier molecular flexibility index (Phi) is 3.12. The number of halogens is 3. The van der Waals surface area contributed by atoms with Gasteiger partial charge in [0, 0.05) is 4.47 Å². The molecular weight excluding hydrogens is 326 g/mol. The molecule has 1 aromatic rings. The summed E-state index contributed by atoms with van der Waals surface area (Å²) in [5.74, 6) is -0.0416. The highest BCUT2D eigenvalue weighted by atomic mass is 127. The number of benzene rings is 1. The van der Waals surface area contributed by atoms with Gasteiger partial charge >= 0.3 is 0 Å². The van der Waals surface area contributed by atoms with E-state index in [1.807, 2.05) is 22.6 Å². The summed E-state index contributed by atoms with van der Waals surface area (Å²) < 4.78 is 19.2. The Morgan fingerprint density at radius 2 is 2.18 bits per heavy atom. The van der Waals surface area contributed by atoms with E-state index in [1.54, 1.807) is 12.1 Å². The van der Waals surface area contributed by atoms with E-state index in [-0.39, 0.29) is 11.6 Å². The van der Waals surface area contributed by atoms with Crippen molar-refractivity contribution in [2.24, 2.45) is 0 Å². The largest absolute Gasteiger partial charge is 0.494 e. The number of hydrogen-bond acceptors (Lipinski definition) is 1. The van der Waals surface area contributed by atoms with Gasteiger partial charge in [-0.2, -0.15) is 0 Å². The maximum absolute atomic E-state index is 13.0. The summed E-state index contributed by atoms with van der Waals surface area (Å²) in [7, 11) is 1.45. The summed E-state index contributed by atoms with van der Waals surface area (Å²) in [6, 6.07) is 3.29. The second-order valence-corrected chi connectivity index (χ2v) is 3.98. The molecule has 0 spiro atoms. The van der Waals surface area contributed by atoms with Crippen molar-refractivity contribution in [3.63, 3.8) is 0 Å². The van der Waals surface area contributed by atoms with Crippen molar-refractivity contribution in [1.29, 1.82) is 0 Å². The monoisotopic (exact) mass is 330 g/mol. The Morgan fingerprint density at radius 3 is 2.73 bits per heavy atom. The van der Waals surface area contributed by atoms with Gasteiger partial charge in [0.25, 0.3) is 0 Å². The minimum absolute atomic E-state index is 0.267.